The van der Waals surface area contributed by atoms with Crippen molar-refractivity contribution < 1.29 is 14.7 Å². The van der Waals surface area contributed by atoms with Crippen molar-refractivity contribution in [3.8, 4) is 0 Å². The number of alkyl halides is 1. The van der Waals surface area contributed by atoms with Gasteiger partial charge in [-0.1, -0.05) is 30.3 Å². The number of halogens is 1. The Balaban J connectivity index is 2.65. The number of ketones is 1. The lowest BCUT2D eigenvalue weighted by molar-refractivity contribution is -0.143. The minimum absolute atomic E-state index is 0.00622. The Morgan fingerprint density at radius 2 is 1.88 bits per heavy atom. The van der Waals surface area contributed by atoms with Crippen molar-refractivity contribution in [1.82, 2.24) is 0 Å². The van der Waals surface area contributed by atoms with Crippen LogP contribution in [0.5, 0.6) is 0 Å². The summed E-state index contributed by atoms with van der Waals surface area (Å²) in [6.07, 6.45) is 0.354. The molecule has 0 radical (unpaired) electrons. The summed E-state index contributed by atoms with van der Waals surface area (Å²) < 4.78 is 0. The van der Waals surface area contributed by atoms with Crippen molar-refractivity contribution in [3.05, 3.63) is 35.9 Å². The molecule has 0 aromatic heterocycles. The van der Waals surface area contributed by atoms with Gasteiger partial charge in [0.15, 0.2) is 0 Å². The predicted octanol–water partition coefficient (Wildman–Crippen LogP) is 2.13. The first-order valence-electron chi connectivity index (χ1n) is 4.98. The first-order valence-corrected chi connectivity index (χ1v) is 5.51. The van der Waals surface area contributed by atoms with Gasteiger partial charge in [0.25, 0.3) is 0 Å². The van der Waals surface area contributed by atoms with Crippen LogP contribution in [0.25, 0.3) is 0 Å². The van der Waals surface area contributed by atoms with Gasteiger partial charge in [0.05, 0.1) is 11.8 Å². The van der Waals surface area contributed by atoms with Crippen LogP contribution in [0.2, 0.25) is 0 Å². The van der Waals surface area contributed by atoms with Crippen LogP contribution in [0.4, 0.5) is 0 Å². The van der Waals surface area contributed by atoms with Crippen molar-refractivity contribution in [2.75, 3.05) is 5.88 Å². The maximum Gasteiger partial charge on any atom is 0.307 e. The Labute approximate surface area is 99.0 Å². The third-order valence-electron chi connectivity index (χ3n) is 2.30. The topological polar surface area (TPSA) is 54.4 Å². The molecule has 1 rings (SSSR count). The van der Waals surface area contributed by atoms with Crippen LogP contribution in [0.1, 0.15) is 12.0 Å². The smallest absolute Gasteiger partial charge is 0.307 e. The van der Waals surface area contributed by atoms with E-state index >= 15 is 0 Å². The summed E-state index contributed by atoms with van der Waals surface area (Å²) in [6.45, 7) is 0. The molecule has 0 heterocycles. The minimum atomic E-state index is -0.956. The molecule has 1 aromatic rings. The molecule has 0 fully saturated rings. The van der Waals surface area contributed by atoms with Gasteiger partial charge in [0.1, 0.15) is 5.78 Å². The largest absolute Gasteiger partial charge is 0.481 e. The lowest BCUT2D eigenvalue weighted by Crippen LogP contribution is -2.20. The van der Waals surface area contributed by atoms with Crippen LogP contribution in [0, 0.1) is 5.92 Å². The number of aliphatic carboxylic acids is 1. The quantitative estimate of drug-likeness (QED) is 0.775. The average molecular weight is 241 g/mol. The number of carbonyl (C=O) groups is 2. The Morgan fingerprint density at radius 3 is 2.38 bits per heavy atom. The molecule has 1 atom stereocenters. The van der Waals surface area contributed by atoms with Gasteiger partial charge in [-0.25, -0.2) is 0 Å². The molecule has 0 aliphatic carbocycles. The molecule has 0 spiro atoms. The number of rotatable bonds is 6. The first kappa shape index (κ1) is 12.7. The van der Waals surface area contributed by atoms with E-state index in [9.17, 15) is 9.59 Å². The number of carbonyl (C=O) groups excluding carboxylic acids is 1. The van der Waals surface area contributed by atoms with Crippen LogP contribution < -0.4 is 0 Å². The van der Waals surface area contributed by atoms with Crippen molar-refractivity contribution in [3.63, 3.8) is 0 Å². The highest BCUT2D eigenvalue weighted by Gasteiger charge is 2.20. The molecule has 86 valence electrons. The molecular weight excluding hydrogens is 228 g/mol. The fourth-order valence-electron chi connectivity index (χ4n) is 1.47. The van der Waals surface area contributed by atoms with Crippen molar-refractivity contribution in [2.24, 2.45) is 5.92 Å². The Bertz CT molecular complexity index is 362. The third kappa shape index (κ3) is 4.03. The first-order chi connectivity index (χ1) is 7.63. The Hall–Kier alpha value is -1.35. The zero-order valence-electron chi connectivity index (χ0n) is 8.73. The van der Waals surface area contributed by atoms with Crippen molar-refractivity contribution in [2.45, 2.75) is 12.8 Å². The molecule has 3 nitrogen and oxygen atoms in total. The van der Waals surface area contributed by atoms with Crippen LogP contribution in [0.15, 0.2) is 30.3 Å². The molecule has 1 aromatic carbocycles. The minimum Gasteiger partial charge on any atom is -0.481 e. The normalized spacial score (nSPS) is 12.1. The molecule has 1 unspecified atom stereocenters. The number of benzene rings is 1. The van der Waals surface area contributed by atoms with Crippen molar-refractivity contribution >= 4 is 23.4 Å². The zero-order valence-corrected chi connectivity index (χ0v) is 9.48. The van der Waals surface area contributed by atoms with E-state index in [1.165, 1.54) is 0 Å². The van der Waals surface area contributed by atoms with E-state index < -0.39 is 11.9 Å². The fraction of sp³-hybridized carbons (Fsp3) is 0.333. The van der Waals surface area contributed by atoms with Gasteiger partial charge in [-0.05, 0) is 12.0 Å². The van der Waals surface area contributed by atoms with Crippen LogP contribution >= 0.6 is 11.6 Å². The molecular formula is C12H13ClO3. The molecule has 0 aliphatic heterocycles. The summed E-state index contributed by atoms with van der Waals surface area (Å²) in [6, 6.07) is 9.25. The van der Waals surface area contributed by atoms with E-state index in [1.807, 2.05) is 30.3 Å². The van der Waals surface area contributed by atoms with E-state index in [4.69, 9.17) is 16.7 Å². The summed E-state index contributed by atoms with van der Waals surface area (Å²) in [4.78, 5) is 22.1. The van der Waals surface area contributed by atoms with Crippen LogP contribution in [-0.2, 0) is 16.0 Å². The highest BCUT2D eigenvalue weighted by atomic mass is 35.5. The second-order valence-electron chi connectivity index (χ2n) is 3.60. The highest BCUT2D eigenvalue weighted by molar-refractivity contribution is 6.27. The third-order valence-corrected chi connectivity index (χ3v) is 2.60. The van der Waals surface area contributed by atoms with Gasteiger partial charge in [-0.2, -0.15) is 0 Å². The highest BCUT2D eigenvalue weighted by Crippen LogP contribution is 2.13. The van der Waals surface area contributed by atoms with E-state index in [2.05, 4.69) is 0 Å². The van der Waals surface area contributed by atoms with Crippen molar-refractivity contribution in [1.29, 1.82) is 0 Å². The Kier molecular flexibility index (Phi) is 4.99. The SMILES string of the molecule is O=C(CCl)CC(Cc1ccccc1)C(=O)O. The maximum absolute atomic E-state index is 11.1. The van der Waals surface area contributed by atoms with Crippen LogP contribution in [-0.4, -0.2) is 22.7 Å². The standard InChI is InChI=1S/C12H13ClO3/c13-8-11(14)7-10(12(15)16)6-9-4-2-1-3-5-9/h1-5,10H,6-8H2,(H,15,16). The van der Waals surface area contributed by atoms with Gasteiger partial charge < -0.3 is 5.11 Å². The summed E-state index contributed by atoms with van der Waals surface area (Å²) in [7, 11) is 0. The van der Waals surface area contributed by atoms with Crippen LogP contribution in [0.3, 0.4) is 0 Å². The number of carboxylic acid groups (broad SMARTS) is 1. The van der Waals surface area contributed by atoms with E-state index in [-0.39, 0.29) is 18.1 Å². The molecule has 0 saturated carbocycles. The molecule has 0 aliphatic rings. The molecule has 0 amide bonds. The summed E-state index contributed by atoms with van der Waals surface area (Å²) >= 11 is 5.36. The van der Waals surface area contributed by atoms with Gasteiger partial charge in [0, 0.05) is 6.42 Å². The number of hydrogen-bond acceptors (Lipinski definition) is 2. The van der Waals surface area contributed by atoms with E-state index in [0.29, 0.717) is 6.42 Å². The second kappa shape index (κ2) is 6.28. The lowest BCUT2D eigenvalue weighted by Gasteiger charge is -2.10. The molecule has 0 saturated heterocycles. The van der Waals surface area contributed by atoms with Gasteiger partial charge in [0.2, 0.25) is 0 Å². The molecule has 0 bridgehead atoms. The summed E-state index contributed by atoms with van der Waals surface area (Å²) in [5, 5.41) is 8.98. The summed E-state index contributed by atoms with van der Waals surface area (Å²) in [5.41, 5.74) is 0.914. The van der Waals surface area contributed by atoms with E-state index in [0.717, 1.165) is 5.56 Å². The zero-order chi connectivity index (χ0) is 12.0. The lowest BCUT2D eigenvalue weighted by atomic mass is 9.95. The van der Waals surface area contributed by atoms with Gasteiger partial charge in [-0.3, -0.25) is 9.59 Å². The number of carboxylic acids is 1. The average Bonchev–Trinajstić information content (AvgIpc) is 2.29. The fourth-order valence-corrected chi connectivity index (χ4v) is 1.58. The molecule has 16 heavy (non-hydrogen) atoms. The maximum atomic E-state index is 11.1. The Morgan fingerprint density at radius 1 is 1.25 bits per heavy atom. The number of hydrogen-bond donors (Lipinski definition) is 1. The second-order valence-corrected chi connectivity index (χ2v) is 3.87. The number of Topliss-reactive ketones (excluding diaryl/α,β-unsaturated/α-hetero) is 1. The molecule has 1 N–H and O–H groups in total. The monoisotopic (exact) mass is 240 g/mol. The van der Waals surface area contributed by atoms with E-state index in [1.54, 1.807) is 0 Å². The van der Waals surface area contributed by atoms with Gasteiger partial charge >= 0.3 is 5.97 Å². The van der Waals surface area contributed by atoms with Gasteiger partial charge in [-0.15, -0.1) is 11.6 Å². The molecule has 4 heteroatoms. The predicted molar refractivity (Wildman–Crippen MR) is 61.6 cm³/mol. The summed E-state index contributed by atoms with van der Waals surface area (Å²) in [5.74, 6) is -2.00.